The quantitative estimate of drug-likeness (QED) is 0.790. The van der Waals surface area contributed by atoms with Gasteiger partial charge in [0.2, 0.25) is 0 Å². The largest absolute Gasteiger partial charge is 0.229 e. The second kappa shape index (κ2) is 4.79. The molecule has 1 aromatic rings. The molecule has 0 bridgehead atoms. The van der Waals surface area contributed by atoms with Crippen LogP contribution in [0.4, 0.5) is 0 Å². The second-order valence-electron chi connectivity index (χ2n) is 4.23. The lowest BCUT2D eigenvalue weighted by Crippen LogP contribution is -2.07. The number of hydrogen-bond donors (Lipinski definition) is 0. The molecule has 0 aromatic heterocycles. The van der Waals surface area contributed by atoms with E-state index in [1.165, 1.54) is 11.8 Å². The van der Waals surface area contributed by atoms with Gasteiger partial charge in [0, 0.05) is 6.26 Å². The van der Waals surface area contributed by atoms with E-state index in [-0.39, 0.29) is 5.75 Å². The van der Waals surface area contributed by atoms with Crippen molar-refractivity contribution in [3.63, 3.8) is 0 Å². The lowest BCUT2D eigenvalue weighted by molar-refractivity contribution is 0.601. The van der Waals surface area contributed by atoms with Gasteiger partial charge in [0.25, 0.3) is 0 Å². The van der Waals surface area contributed by atoms with Gasteiger partial charge in [-0.2, -0.15) is 0 Å². The third-order valence-corrected chi connectivity index (χ3v) is 3.36. The summed E-state index contributed by atoms with van der Waals surface area (Å²) in [7, 11) is -2.86. The van der Waals surface area contributed by atoms with Crippen LogP contribution in [-0.4, -0.2) is 20.4 Å². The molecule has 3 heteroatoms. The van der Waals surface area contributed by atoms with Crippen LogP contribution in [0.1, 0.15) is 30.9 Å². The summed E-state index contributed by atoms with van der Waals surface area (Å²) in [5.41, 5.74) is 2.40. The average molecular weight is 226 g/mol. The fourth-order valence-electron chi connectivity index (χ4n) is 1.62. The van der Waals surface area contributed by atoms with Gasteiger partial charge in [-0.1, -0.05) is 38.1 Å². The zero-order valence-electron chi connectivity index (χ0n) is 9.53. The normalized spacial score (nSPS) is 12.0. The van der Waals surface area contributed by atoms with E-state index in [9.17, 15) is 8.42 Å². The van der Waals surface area contributed by atoms with Crippen LogP contribution in [0.15, 0.2) is 24.3 Å². The van der Waals surface area contributed by atoms with Gasteiger partial charge in [-0.3, -0.25) is 0 Å². The molecule has 0 atom stereocenters. The number of benzene rings is 1. The Labute approximate surface area is 92.2 Å². The Morgan fingerprint density at radius 2 is 1.80 bits per heavy atom. The summed E-state index contributed by atoms with van der Waals surface area (Å²) in [6.07, 6.45) is 1.90. The second-order valence-corrected chi connectivity index (χ2v) is 6.49. The van der Waals surface area contributed by atoms with E-state index in [2.05, 4.69) is 19.9 Å². The van der Waals surface area contributed by atoms with Crippen molar-refractivity contribution < 1.29 is 8.42 Å². The van der Waals surface area contributed by atoms with Crippen LogP contribution in [-0.2, 0) is 16.3 Å². The average Bonchev–Trinajstić information content (AvgIpc) is 2.14. The smallest absolute Gasteiger partial charge is 0.147 e. The zero-order valence-corrected chi connectivity index (χ0v) is 10.3. The minimum atomic E-state index is -2.86. The predicted molar refractivity (Wildman–Crippen MR) is 63.9 cm³/mol. The van der Waals surface area contributed by atoms with Crippen LogP contribution in [0.5, 0.6) is 0 Å². The summed E-state index contributed by atoms with van der Waals surface area (Å²) >= 11 is 0. The minimum Gasteiger partial charge on any atom is -0.229 e. The molecule has 15 heavy (non-hydrogen) atoms. The van der Waals surface area contributed by atoms with Gasteiger partial charge < -0.3 is 0 Å². The van der Waals surface area contributed by atoms with Crippen LogP contribution >= 0.6 is 0 Å². The van der Waals surface area contributed by atoms with Gasteiger partial charge >= 0.3 is 0 Å². The minimum absolute atomic E-state index is 0.233. The maximum absolute atomic E-state index is 11.1. The van der Waals surface area contributed by atoms with Crippen molar-refractivity contribution >= 4 is 9.84 Å². The van der Waals surface area contributed by atoms with E-state index in [0.717, 1.165) is 5.56 Å². The summed E-state index contributed by atoms with van der Waals surface area (Å²) in [5.74, 6) is 0.678. The molecule has 0 fully saturated rings. The number of hydrogen-bond acceptors (Lipinski definition) is 2. The Balaban J connectivity index is 2.85. The molecule has 0 amide bonds. The van der Waals surface area contributed by atoms with Crippen molar-refractivity contribution in [2.45, 2.75) is 26.2 Å². The van der Waals surface area contributed by atoms with Crippen molar-refractivity contribution in [2.75, 3.05) is 12.0 Å². The summed E-state index contributed by atoms with van der Waals surface area (Å²) in [6.45, 7) is 4.25. The van der Waals surface area contributed by atoms with Crippen molar-refractivity contribution in [1.82, 2.24) is 0 Å². The highest BCUT2D eigenvalue weighted by Gasteiger charge is 2.08. The topological polar surface area (TPSA) is 34.1 Å². The van der Waals surface area contributed by atoms with E-state index in [1.54, 1.807) is 0 Å². The van der Waals surface area contributed by atoms with Crippen LogP contribution in [0.25, 0.3) is 0 Å². The number of sulfone groups is 1. The Kier molecular flexibility index (Phi) is 3.91. The van der Waals surface area contributed by atoms with Crippen LogP contribution in [0.3, 0.4) is 0 Å². The monoisotopic (exact) mass is 226 g/mol. The van der Waals surface area contributed by atoms with Gasteiger partial charge in [0.15, 0.2) is 0 Å². The van der Waals surface area contributed by atoms with E-state index in [1.807, 2.05) is 18.2 Å². The lowest BCUT2D eigenvalue weighted by Gasteiger charge is -2.11. The zero-order chi connectivity index (χ0) is 11.5. The highest BCUT2D eigenvalue weighted by Crippen LogP contribution is 2.19. The third kappa shape index (κ3) is 4.04. The van der Waals surface area contributed by atoms with Crippen LogP contribution in [0.2, 0.25) is 0 Å². The molecule has 0 heterocycles. The first-order valence-corrected chi connectivity index (χ1v) is 7.22. The first kappa shape index (κ1) is 12.2. The Morgan fingerprint density at radius 1 is 1.20 bits per heavy atom. The Bertz CT molecular complexity index is 419. The van der Waals surface area contributed by atoms with Crippen molar-refractivity contribution in [3.8, 4) is 0 Å². The number of rotatable bonds is 4. The van der Waals surface area contributed by atoms with Gasteiger partial charge in [-0.25, -0.2) is 8.42 Å². The standard InChI is InChI=1S/C12H18O2S/c1-10(2)12-7-5-4-6-11(12)8-9-15(3,13)14/h4-7,10H,8-9H2,1-3H3. The molecule has 0 N–H and O–H groups in total. The van der Waals surface area contributed by atoms with Gasteiger partial charge in [0.1, 0.15) is 9.84 Å². The fraction of sp³-hybridized carbons (Fsp3) is 0.500. The summed E-state index contributed by atoms with van der Waals surface area (Å²) in [5, 5.41) is 0. The van der Waals surface area contributed by atoms with Gasteiger partial charge in [0.05, 0.1) is 5.75 Å². The summed E-state index contributed by atoms with van der Waals surface area (Å²) in [4.78, 5) is 0. The molecule has 0 saturated carbocycles. The first-order chi connectivity index (χ1) is 6.90. The predicted octanol–water partition coefficient (Wildman–Crippen LogP) is 2.40. The molecule has 0 aliphatic rings. The highest BCUT2D eigenvalue weighted by molar-refractivity contribution is 7.90. The third-order valence-electron chi connectivity index (χ3n) is 2.42. The van der Waals surface area contributed by atoms with Crippen molar-refractivity contribution in [2.24, 2.45) is 0 Å². The molecular weight excluding hydrogens is 208 g/mol. The van der Waals surface area contributed by atoms with E-state index in [4.69, 9.17) is 0 Å². The Hall–Kier alpha value is -0.830. The van der Waals surface area contributed by atoms with Gasteiger partial charge in [-0.15, -0.1) is 0 Å². The summed E-state index contributed by atoms with van der Waals surface area (Å²) in [6, 6.07) is 8.05. The number of aryl methyl sites for hydroxylation is 1. The molecule has 2 nitrogen and oxygen atoms in total. The molecule has 84 valence electrons. The molecule has 0 spiro atoms. The molecular formula is C12H18O2S. The van der Waals surface area contributed by atoms with Crippen molar-refractivity contribution in [1.29, 1.82) is 0 Å². The van der Waals surface area contributed by atoms with Crippen LogP contribution < -0.4 is 0 Å². The fourth-order valence-corrected chi connectivity index (χ4v) is 2.21. The van der Waals surface area contributed by atoms with E-state index in [0.29, 0.717) is 12.3 Å². The first-order valence-electron chi connectivity index (χ1n) is 5.15. The molecule has 0 aliphatic carbocycles. The SMILES string of the molecule is CC(C)c1ccccc1CCS(C)(=O)=O. The summed E-state index contributed by atoms with van der Waals surface area (Å²) < 4.78 is 22.2. The molecule has 0 unspecified atom stereocenters. The van der Waals surface area contributed by atoms with E-state index < -0.39 is 9.84 Å². The molecule has 0 saturated heterocycles. The van der Waals surface area contributed by atoms with Gasteiger partial charge in [-0.05, 0) is 23.5 Å². The lowest BCUT2D eigenvalue weighted by atomic mass is 9.96. The molecule has 1 aromatic carbocycles. The molecule has 0 radical (unpaired) electrons. The van der Waals surface area contributed by atoms with Crippen molar-refractivity contribution in [3.05, 3.63) is 35.4 Å². The Morgan fingerprint density at radius 3 is 2.33 bits per heavy atom. The van der Waals surface area contributed by atoms with E-state index >= 15 is 0 Å². The molecule has 1 rings (SSSR count). The molecule has 0 aliphatic heterocycles. The maximum atomic E-state index is 11.1. The maximum Gasteiger partial charge on any atom is 0.147 e. The van der Waals surface area contributed by atoms with Crippen LogP contribution in [0, 0.1) is 0 Å². The highest BCUT2D eigenvalue weighted by atomic mass is 32.2.